The van der Waals surface area contributed by atoms with Crippen molar-refractivity contribution in [1.29, 1.82) is 0 Å². The zero-order valence-corrected chi connectivity index (χ0v) is 14.6. The highest BCUT2D eigenvalue weighted by molar-refractivity contribution is 5.97. The van der Waals surface area contributed by atoms with Gasteiger partial charge < -0.3 is 25.3 Å². The number of amides is 1. The van der Waals surface area contributed by atoms with Crippen LogP contribution in [0.1, 0.15) is 10.4 Å². The van der Waals surface area contributed by atoms with Crippen molar-refractivity contribution in [3.8, 4) is 11.5 Å². The Labute approximate surface area is 154 Å². The third kappa shape index (κ3) is 4.84. The van der Waals surface area contributed by atoms with E-state index in [4.69, 9.17) is 19.9 Å². The van der Waals surface area contributed by atoms with Crippen LogP contribution in [0.4, 0.5) is 17.1 Å². The highest BCUT2D eigenvalue weighted by Crippen LogP contribution is 2.29. The van der Waals surface area contributed by atoms with Crippen LogP contribution in [-0.4, -0.2) is 37.6 Å². The van der Waals surface area contributed by atoms with Gasteiger partial charge in [-0.2, -0.15) is 0 Å². The monoisotopic (exact) mass is 375 g/mol. The van der Waals surface area contributed by atoms with Gasteiger partial charge in [0.25, 0.3) is 11.6 Å². The van der Waals surface area contributed by atoms with Crippen molar-refractivity contribution in [2.45, 2.75) is 0 Å². The minimum Gasteiger partial charge on any atom is -0.497 e. The van der Waals surface area contributed by atoms with Crippen molar-refractivity contribution < 1.29 is 28.7 Å². The Kier molecular flexibility index (Phi) is 6.15. The number of anilines is 2. The van der Waals surface area contributed by atoms with Crippen molar-refractivity contribution in [3.05, 3.63) is 52.1 Å². The first-order valence-electron chi connectivity index (χ1n) is 7.58. The fourth-order valence-electron chi connectivity index (χ4n) is 2.13. The number of rotatable bonds is 7. The lowest BCUT2D eigenvalue weighted by molar-refractivity contribution is -0.383. The molecule has 0 aliphatic heterocycles. The molecule has 2 rings (SSSR count). The normalized spacial score (nSPS) is 10.0. The maximum atomic E-state index is 12.0. The highest BCUT2D eigenvalue weighted by atomic mass is 16.6. The van der Waals surface area contributed by atoms with E-state index >= 15 is 0 Å². The fourth-order valence-corrected chi connectivity index (χ4v) is 2.13. The number of nitro benzene ring substituents is 1. The first kappa shape index (κ1) is 19.5. The Hall–Kier alpha value is -3.82. The van der Waals surface area contributed by atoms with E-state index in [2.05, 4.69) is 5.32 Å². The van der Waals surface area contributed by atoms with E-state index in [-0.39, 0.29) is 11.3 Å². The zero-order chi connectivity index (χ0) is 20.0. The number of nitrogens with two attached hydrogens (primary N) is 1. The summed E-state index contributed by atoms with van der Waals surface area (Å²) < 4.78 is 15.1. The largest absolute Gasteiger partial charge is 0.497 e. The Bertz CT molecular complexity index is 883. The van der Waals surface area contributed by atoms with Crippen LogP contribution in [0, 0.1) is 10.1 Å². The third-order valence-electron chi connectivity index (χ3n) is 3.48. The lowest BCUT2D eigenvalue weighted by Gasteiger charge is -2.11. The molecule has 0 saturated heterocycles. The third-order valence-corrected chi connectivity index (χ3v) is 3.48. The predicted molar refractivity (Wildman–Crippen MR) is 96.0 cm³/mol. The number of nitrogen functional groups attached to an aromatic ring is 1. The van der Waals surface area contributed by atoms with Gasteiger partial charge in [0.2, 0.25) is 0 Å². The average Bonchev–Trinajstić information content (AvgIpc) is 2.66. The minimum absolute atomic E-state index is 0.0825. The van der Waals surface area contributed by atoms with Gasteiger partial charge in [-0.25, -0.2) is 4.79 Å². The molecule has 10 heteroatoms. The number of benzene rings is 2. The molecule has 0 aliphatic rings. The molecule has 3 N–H and O–H groups in total. The van der Waals surface area contributed by atoms with E-state index in [1.165, 1.54) is 26.4 Å². The molecule has 2 aromatic rings. The molecular formula is C17H17N3O7. The van der Waals surface area contributed by atoms with Crippen molar-refractivity contribution in [3.63, 3.8) is 0 Å². The second-order valence-corrected chi connectivity index (χ2v) is 5.22. The van der Waals surface area contributed by atoms with Gasteiger partial charge in [-0.3, -0.25) is 14.9 Å². The van der Waals surface area contributed by atoms with E-state index in [9.17, 15) is 19.7 Å². The number of esters is 1. The van der Waals surface area contributed by atoms with Gasteiger partial charge >= 0.3 is 5.97 Å². The van der Waals surface area contributed by atoms with Crippen LogP contribution in [0.15, 0.2) is 36.4 Å². The minimum atomic E-state index is -0.894. The fraction of sp³-hybridized carbons (Fsp3) is 0.176. The SMILES string of the molecule is COc1ccc(NC(=O)COC(=O)c2ccc(N)c([N+](=O)[O-])c2)c(OC)c1. The molecule has 0 unspecified atom stereocenters. The summed E-state index contributed by atoms with van der Waals surface area (Å²) in [6.45, 7) is -0.591. The van der Waals surface area contributed by atoms with Gasteiger partial charge in [-0.1, -0.05) is 0 Å². The highest BCUT2D eigenvalue weighted by Gasteiger charge is 2.18. The second kappa shape index (κ2) is 8.52. The maximum absolute atomic E-state index is 12.0. The van der Waals surface area contributed by atoms with Crippen LogP contribution in [0.25, 0.3) is 0 Å². The van der Waals surface area contributed by atoms with Crippen LogP contribution >= 0.6 is 0 Å². The van der Waals surface area contributed by atoms with Crippen LogP contribution in [-0.2, 0) is 9.53 Å². The molecule has 0 atom stereocenters. The summed E-state index contributed by atoms with van der Waals surface area (Å²) in [6, 6.07) is 8.25. The lowest BCUT2D eigenvalue weighted by Crippen LogP contribution is -2.21. The number of carbonyl (C=O) groups excluding carboxylic acids is 2. The molecule has 0 saturated carbocycles. The number of nitrogens with one attached hydrogen (secondary N) is 1. The van der Waals surface area contributed by atoms with Gasteiger partial charge in [-0.15, -0.1) is 0 Å². The Balaban J connectivity index is 2.00. The molecule has 0 fully saturated rings. The van der Waals surface area contributed by atoms with Gasteiger partial charge in [0.1, 0.15) is 17.2 Å². The molecule has 2 aromatic carbocycles. The van der Waals surface area contributed by atoms with Crippen molar-refractivity contribution >= 4 is 28.9 Å². The molecule has 142 valence electrons. The number of ether oxygens (including phenoxy) is 3. The van der Waals surface area contributed by atoms with Gasteiger partial charge in [-0.05, 0) is 24.3 Å². The summed E-state index contributed by atoms with van der Waals surface area (Å²) in [5.74, 6) is -0.601. The summed E-state index contributed by atoms with van der Waals surface area (Å²) in [5.41, 5.74) is 5.24. The van der Waals surface area contributed by atoms with Crippen molar-refractivity contribution in [2.24, 2.45) is 0 Å². The topological polar surface area (TPSA) is 143 Å². The van der Waals surface area contributed by atoms with E-state index in [1.54, 1.807) is 18.2 Å². The summed E-state index contributed by atoms with van der Waals surface area (Å²) in [5, 5.41) is 13.4. The number of hydrogen-bond acceptors (Lipinski definition) is 8. The van der Waals surface area contributed by atoms with E-state index in [1.807, 2.05) is 0 Å². The quantitative estimate of drug-likeness (QED) is 0.324. The molecule has 0 aliphatic carbocycles. The zero-order valence-electron chi connectivity index (χ0n) is 14.6. The maximum Gasteiger partial charge on any atom is 0.338 e. The Morgan fingerprint density at radius 2 is 1.89 bits per heavy atom. The molecule has 0 radical (unpaired) electrons. The second-order valence-electron chi connectivity index (χ2n) is 5.22. The van der Waals surface area contributed by atoms with Crippen LogP contribution in [0.3, 0.4) is 0 Å². The van der Waals surface area contributed by atoms with Crippen LogP contribution in [0.2, 0.25) is 0 Å². The first-order valence-corrected chi connectivity index (χ1v) is 7.58. The smallest absolute Gasteiger partial charge is 0.338 e. The average molecular weight is 375 g/mol. The molecular weight excluding hydrogens is 358 g/mol. The summed E-state index contributed by atoms with van der Waals surface area (Å²) in [6.07, 6.45) is 0. The summed E-state index contributed by atoms with van der Waals surface area (Å²) in [7, 11) is 2.92. The van der Waals surface area contributed by atoms with Crippen molar-refractivity contribution in [1.82, 2.24) is 0 Å². The molecule has 10 nitrogen and oxygen atoms in total. The van der Waals surface area contributed by atoms with E-state index in [0.717, 1.165) is 6.07 Å². The van der Waals surface area contributed by atoms with E-state index < -0.39 is 29.1 Å². The van der Waals surface area contributed by atoms with Gasteiger partial charge in [0.05, 0.1) is 30.4 Å². The van der Waals surface area contributed by atoms with Gasteiger partial charge in [0, 0.05) is 12.1 Å². The van der Waals surface area contributed by atoms with Crippen LogP contribution < -0.4 is 20.5 Å². The molecule has 27 heavy (non-hydrogen) atoms. The molecule has 0 heterocycles. The number of nitrogens with zero attached hydrogens (tertiary/aromatic N) is 1. The molecule has 0 spiro atoms. The number of methoxy groups -OCH3 is 2. The Morgan fingerprint density at radius 3 is 2.52 bits per heavy atom. The van der Waals surface area contributed by atoms with E-state index in [0.29, 0.717) is 17.2 Å². The van der Waals surface area contributed by atoms with Gasteiger partial charge in [0.15, 0.2) is 6.61 Å². The van der Waals surface area contributed by atoms with Crippen LogP contribution in [0.5, 0.6) is 11.5 Å². The molecule has 0 aromatic heterocycles. The summed E-state index contributed by atoms with van der Waals surface area (Å²) >= 11 is 0. The molecule has 0 bridgehead atoms. The standard InChI is InChI=1S/C17H17N3O7/c1-25-11-4-6-13(15(8-11)26-2)19-16(21)9-27-17(22)10-3-5-12(18)14(7-10)20(23)24/h3-8H,9,18H2,1-2H3,(H,19,21). The number of nitro groups is 1. The van der Waals surface area contributed by atoms with Crippen molar-refractivity contribution in [2.75, 3.05) is 31.9 Å². The number of hydrogen-bond donors (Lipinski definition) is 2. The number of carbonyl (C=O) groups is 2. The first-order chi connectivity index (χ1) is 12.8. The molecule has 1 amide bonds. The lowest BCUT2D eigenvalue weighted by atomic mass is 10.2. The predicted octanol–water partition coefficient (Wildman–Crippen LogP) is 1.99. The summed E-state index contributed by atoms with van der Waals surface area (Å²) in [4.78, 5) is 34.1. The Morgan fingerprint density at radius 1 is 1.15 bits per heavy atom.